The maximum atomic E-state index is 13.1. The molecule has 0 spiro atoms. The Kier molecular flexibility index (Phi) is 6.75. The van der Waals surface area contributed by atoms with Crippen LogP contribution in [-0.2, 0) is 19.5 Å². The van der Waals surface area contributed by atoms with Crippen molar-refractivity contribution in [2.45, 2.75) is 49.5 Å². The number of benzene rings is 1. The number of rotatable bonds is 6. The van der Waals surface area contributed by atoms with E-state index < -0.39 is 16.0 Å². The summed E-state index contributed by atoms with van der Waals surface area (Å²) in [5.41, 5.74) is -0.268. The number of aliphatic hydroxyl groups is 1. The summed E-state index contributed by atoms with van der Waals surface area (Å²) in [6.45, 7) is 1.41. The fraction of sp³-hybridized carbons (Fsp3) is 0.650. The largest absolute Gasteiger partial charge is 0.465 e. The van der Waals surface area contributed by atoms with Crippen molar-refractivity contribution in [3.63, 3.8) is 0 Å². The number of esters is 1. The number of aliphatic hydroxyl groups excluding tert-OH is 1. The summed E-state index contributed by atoms with van der Waals surface area (Å²) < 4.78 is 38.3. The summed E-state index contributed by atoms with van der Waals surface area (Å²) >= 11 is 0. The van der Waals surface area contributed by atoms with E-state index in [9.17, 15) is 18.3 Å². The minimum absolute atomic E-state index is 0.0273. The normalized spacial score (nSPS) is 23.3. The van der Waals surface area contributed by atoms with Crippen molar-refractivity contribution < 1.29 is 27.8 Å². The van der Waals surface area contributed by atoms with Gasteiger partial charge in [-0.1, -0.05) is 12.1 Å². The number of nitrogens with zero attached hydrogens (tertiary/aromatic N) is 1. The summed E-state index contributed by atoms with van der Waals surface area (Å²) in [4.78, 5) is 11.9. The number of hydrogen-bond donors (Lipinski definition) is 1. The molecule has 1 unspecified atom stereocenters. The average Bonchev–Trinajstić information content (AvgIpc) is 2.74. The Morgan fingerprint density at radius 3 is 2.61 bits per heavy atom. The van der Waals surface area contributed by atoms with Gasteiger partial charge in [-0.3, -0.25) is 0 Å². The molecule has 2 heterocycles. The molecule has 7 nitrogen and oxygen atoms in total. The van der Waals surface area contributed by atoms with Crippen molar-refractivity contribution in [1.82, 2.24) is 4.31 Å². The Morgan fingerprint density at radius 1 is 1.29 bits per heavy atom. The van der Waals surface area contributed by atoms with E-state index in [0.717, 1.165) is 32.3 Å². The van der Waals surface area contributed by atoms with E-state index >= 15 is 0 Å². The molecule has 2 fully saturated rings. The van der Waals surface area contributed by atoms with Gasteiger partial charge in [0.2, 0.25) is 10.0 Å². The quantitative estimate of drug-likeness (QED) is 0.722. The maximum Gasteiger partial charge on any atom is 0.339 e. The summed E-state index contributed by atoms with van der Waals surface area (Å²) in [7, 11) is -2.59. The van der Waals surface area contributed by atoms with Gasteiger partial charge < -0.3 is 14.6 Å². The molecular formula is C20H29NO6S. The van der Waals surface area contributed by atoms with Crippen LogP contribution in [0, 0.1) is 5.41 Å². The van der Waals surface area contributed by atoms with Gasteiger partial charge in [0, 0.05) is 26.3 Å². The van der Waals surface area contributed by atoms with E-state index in [1.54, 1.807) is 12.1 Å². The topological polar surface area (TPSA) is 93.1 Å². The molecule has 2 saturated heterocycles. The van der Waals surface area contributed by atoms with Crippen LogP contribution in [0.2, 0.25) is 0 Å². The molecule has 1 atom stereocenters. The first kappa shape index (κ1) is 21.2. The first-order chi connectivity index (χ1) is 13.4. The number of hydrogen-bond acceptors (Lipinski definition) is 6. The lowest BCUT2D eigenvalue weighted by molar-refractivity contribution is -0.0421. The smallest absolute Gasteiger partial charge is 0.339 e. The zero-order valence-electron chi connectivity index (χ0n) is 16.3. The second kappa shape index (κ2) is 8.90. The summed E-state index contributed by atoms with van der Waals surface area (Å²) in [6, 6.07) is 6.11. The highest BCUT2D eigenvalue weighted by atomic mass is 32.2. The van der Waals surface area contributed by atoms with Gasteiger partial charge in [-0.15, -0.1) is 0 Å². The van der Waals surface area contributed by atoms with E-state index in [1.807, 2.05) is 0 Å². The summed E-state index contributed by atoms with van der Waals surface area (Å²) in [5.74, 6) is -0.671. The van der Waals surface area contributed by atoms with Crippen molar-refractivity contribution in [3.05, 3.63) is 29.8 Å². The van der Waals surface area contributed by atoms with Gasteiger partial charge >= 0.3 is 5.97 Å². The number of ether oxygens (including phenoxy) is 2. The fourth-order valence-electron chi connectivity index (χ4n) is 4.19. The molecule has 8 heteroatoms. The molecule has 0 saturated carbocycles. The molecule has 0 radical (unpaired) electrons. The van der Waals surface area contributed by atoms with Gasteiger partial charge in [0.1, 0.15) is 0 Å². The van der Waals surface area contributed by atoms with E-state index in [0.29, 0.717) is 25.9 Å². The number of piperidine rings is 1. The average molecular weight is 412 g/mol. The van der Waals surface area contributed by atoms with Crippen LogP contribution in [0.1, 0.15) is 48.9 Å². The third kappa shape index (κ3) is 4.40. The Hall–Kier alpha value is -1.48. The molecule has 2 aliphatic rings. The van der Waals surface area contributed by atoms with Crippen LogP contribution in [0.15, 0.2) is 29.2 Å². The lowest BCUT2D eigenvalue weighted by atomic mass is 9.74. The summed E-state index contributed by atoms with van der Waals surface area (Å²) in [5, 5.41) is 10.0. The molecule has 0 aliphatic carbocycles. The van der Waals surface area contributed by atoms with E-state index in [1.165, 1.54) is 23.5 Å². The Labute approximate surface area is 166 Å². The molecule has 2 aliphatic heterocycles. The van der Waals surface area contributed by atoms with Crippen molar-refractivity contribution in [2.75, 3.05) is 33.4 Å². The molecular weight excluding hydrogens is 382 g/mol. The van der Waals surface area contributed by atoms with Gasteiger partial charge in [0.05, 0.1) is 23.7 Å². The van der Waals surface area contributed by atoms with Crippen LogP contribution < -0.4 is 0 Å². The lowest BCUT2D eigenvalue weighted by Gasteiger charge is -2.42. The zero-order valence-corrected chi connectivity index (χ0v) is 17.1. The van der Waals surface area contributed by atoms with E-state index in [-0.39, 0.29) is 28.6 Å². The SMILES string of the molecule is COC(=O)c1ccccc1S(=O)(=O)N1CCC(CO)(CC2CCCCO2)CC1. The number of carbonyl (C=O) groups is 1. The maximum absolute atomic E-state index is 13.1. The third-order valence-corrected chi connectivity index (χ3v) is 7.92. The van der Waals surface area contributed by atoms with Crippen LogP contribution in [0.5, 0.6) is 0 Å². The lowest BCUT2D eigenvalue weighted by Crippen LogP contribution is -2.46. The first-order valence-corrected chi connectivity index (χ1v) is 11.3. The van der Waals surface area contributed by atoms with Crippen molar-refractivity contribution >= 4 is 16.0 Å². The van der Waals surface area contributed by atoms with Gasteiger partial charge in [-0.2, -0.15) is 4.31 Å². The van der Waals surface area contributed by atoms with Gasteiger partial charge in [-0.05, 0) is 56.1 Å². The highest BCUT2D eigenvalue weighted by molar-refractivity contribution is 7.89. The first-order valence-electron chi connectivity index (χ1n) is 9.82. The zero-order chi connectivity index (χ0) is 20.2. The molecule has 0 amide bonds. The van der Waals surface area contributed by atoms with Crippen LogP contribution in [0.25, 0.3) is 0 Å². The van der Waals surface area contributed by atoms with Gasteiger partial charge in [0.15, 0.2) is 0 Å². The van der Waals surface area contributed by atoms with E-state index in [4.69, 9.17) is 9.47 Å². The standard InChI is InChI=1S/C20H29NO6S/c1-26-19(23)17-7-2-3-8-18(17)28(24,25)21-11-9-20(15-22,10-12-21)14-16-6-4-5-13-27-16/h2-3,7-8,16,22H,4-6,9-15H2,1H3. The second-order valence-electron chi connectivity index (χ2n) is 7.74. The molecule has 28 heavy (non-hydrogen) atoms. The van der Waals surface area contributed by atoms with Crippen molar-refractivity contribution in [2.24, 2.45) is 5.41 Å². The van der Waals surface area contributed by atoms with E-state index in [2.05, 4.69) is 0 Å². The molecule has 1 N–H and O–H groups in total. The van der Waals surface area contributed by atoms with Gasteiger partial charge in [0.25, 0.3) is 0 Å². The number of carbonyl (C=O) groups excluding carboxylic acids is 1. The van der Waals surface area contributed by atoms with Crippen molar-refractivity contribution in [1.29, 1.82) is 0 Å². The highest BCUT2D eigenvalue weighted by Crippen LogP contribution is 2.39. The predicted octanol–water partition coefficient (Wildman–Crippen LogP) is 2.20. The minimum Gasteiger partial charge on any atom is -0.465 e. The third-order valence-electron chi connectivity index (χ3n) is 5.96. The molecule has 0 bridgehead atoms. The highest BCUT2D eigenvalue weighted by Gasteiger charge is 2.40. The van der Waals surface area contributed by atoms with Gasteiger partial charge in [-0.25, -0.2) is 13.2 Å². The summed E-state index contributed by atoms with van der Waals surface area (Å²) in [6.07, 6.45) is 5.26. The Bertz CT molecular complexity index is 780. The fourth-order valence-corrected chi connectivity index (χ4v) is 5.81. The minimum atomic E-state index is -3.82. The molecule has 0 aromatic heterocycles. The number of methoxy groups -OCH3 is 1. The molecule has 1 aromatic carbocycles. The molecule has 1 aromatic rings. The van der Waals surface area contributed by atoms with Crippen molar-refractivity contribution in [3.8, 4) is 0 Å². The number of sulfonamides is 1. The monoisotopic (exact) mass is 411 g/mol. The Balaban J connectivity index is 1.74. The second-order valence-corrected chi connectivity index (χ2v) is 9.65. The molecule has 156 valence electrons. The van der Waals surface area contributed by atoms with Crippen LogP contribution >= 0.6 is 0 Å². The van der Waals surface area contributed by atoms with Crippen LogP contribution in [0.3, 0.4) is 0 Å². The molecule has 3 rings (SSSR count). The predicted molar refractivity (Wildman–Crippen MR) is 104 cm³/mol. The van der Waals surface area contributed by atoms with Crippen LogP contribution in [-0.4, -0.2) is 63.3 Å². The van der Waals surface area contributed by atoms with Crippen LogP contribution in [0.4, 0.5) is 0 Å². The Morgan fingerprint density at radius 2 is 2.00 bits per heavy atom.